The molecule has 2 aromatic rings. The highest BCUT2D eigenvalue weighted by Crippen LogP contribution is 2.13. The molecule has 0 aliphatic heterocycles. The highest BCUT2D eigenvalue weighted by molar-refractivity contribution is 5.72. The van der Waals surface area contributed by atoms with Gasteiger partial charge < -0.3 is 10.3 Å². The summed E-state index contributed by atoms with van der Waals surface area (Å²) in [7, 11) is 1.70. The molecule has 110 valence electrons. The number of halogens is 1. The fourth-order valence-electron chi connectivity index (χ4n) is 1.42. The Kier molecular flexibility index (Phi) is 8.75. The van der Waals surface area contributed by atoms with Gasteiger partial charge in [0, 0.05) is 13.2 Å². The lowest BCUT2D eigenvalue weighted by Gasteiger charge is -2.00. The summed E-state index contributed by atoms with van der Waals surface area (Å²) in [5.41, 5.74) is 3.22. The van der Waals surface area contributed by atoms with Crippen LogP contribution in [0.2, 0.25) is 0 Å². The molecule has 0 spiro atoms. The van der Waals surface area contributed by atoms with Gasteiger partial charge in [0.15, 0.2) is 6.29 Å². The monoisotopic (exact) mass is 278 g/mol. The molecule has 0 amide bonds. The second-order valence-electron chi connectivity index (χ2n) is 3.98. The Bertz CT molecular complexity index is 521. The topological polar surface area (TPSA) is 44.9 Å². The van der Waals surface area contributed by atoms with Gasteiger partial charge in [-0.25, -0.2) is 4.39 Å². The van der Waals surface area contributed by atoms with Crippen molar-refractivity contribution in [1.82, 2.24) is 4.98 Å². The third kappa shape index (κ3) is 6.18. The molecule has 2 N–H and O–H groups in total. The first-order chi connectivity index (χ1) is 9.56. The SMILES string of the molecule is CC.CNc1ccc(C)cc1F.Cc1c[nH]c(C=O)c1. The zero-order valence-corrected chi connectivity index (χ0v) is 12.8. The third-order valence-corrected chi connectivity index (χ3v) is 2.37. The van der Waals surface area contributed by atoms with Crippen molar-refractivity contribution < 1.29 is 9.18 Å². The molecule has 0 aliphatic carbocycles. The molecule has 1 heterocycles. The minimum atomic E-state index is -0.192. The molecule has 0 unspecified atom stereocenters. The Morgan fingerprint density at radius 2 is 1.80 bits per heavy atom. The fourth-order valence-corrected chi connectivity index (χ4v) is 1.42. The van der Waals surface area contributed by atoms with Gasteiger partial charge >= 0.3 is 0 Å². The van der Waals surface area contributed by atoms with Crippen molar-refractivity contribution in [1.29, 1.82) is 0 Å². The van der Waals surface area contributed by atoms with Crippen LogP contribution in [0.1, 0.15) is 35.5 Å². The maximum atomic E-state index is 12.8. The maximum Gasteiger partial charge on any atom is 0.166 e. The Morgan fingerprint density at radius 1 is 1.15 bits per heavy atom. The lowest BCUT2D eigenvalue weighted by Crippen LogP contribution is -1.91. The Morgan fingerprint density at radius 3 is 2.15 bits per heavy atom. The van der Waals surface area contributed by atoms with Crippen molar-refractivity contribution in [3.05, 3.63) is 53.1 Å². The van der Waals surface area contributed by atoms with Crippen molar-refractivity contribution in [3.63, 3.8) is 0 Å². The zero-order chi connectivity index (χ0) is 15.5. The van der Waals surface area contributed by atoms with Gasteiger partial charge in [0.2, 0.25) is 0 Å². The number of hydrogen-bond acceptors (Lipinski definition) is 2. The summed E-state index contributed by atoms with van der Waals surface area (Å²) in [6.45, 7) is 7.80. The molecule has 0 radical (unpaired) electrons. The van der Waals surface area contributed by atoms with Gasteiger partial charge in [-0.1, -0.05) is 19.9 Å². The van der Waals surface area contributed by atoms with Crippen LogP contribution in [0.5, 0.6) is 0 Å². The zero-order valence-electron chi connectivity index (χ0n) is 12.8. The van der Waals surface area contributed by atoms with Crippen molar-refractivity contribution in [2.45, 2.75) is 27.7 Å². The number of carbonyl (C=O) groups excluding carboxylic acids is 1. The quantitative estimate of drug-likeness (QED) is 0.803. The summed E-state index contributed by atoms with van der Waals surface area (Å²) in [5, 5.41) is 2.75. The summed E-state index contributed by atoms with van der Waals surface area (Å²) < 4.78 is 12.8. The number of anilines is 1. The molecular formula is C16H23FN2O. The van der Waals surface area contributed by atoms with E-state index in [0.29, 0.717) is 11.4 Å². The molecule has 0 atom stereocenters. The smallest absolute Gasteiger partial charge is 0.166 e. The van der Waals surface area contributed by atoms with E-state index in [0.717, 1.165) is 17.4 Å². The number of aromatic nitrogens is 1. The molecule has 0 aliphatic rings. The number of aldehydes is 1. The molecule has 0 saturated heterocycles. The highest BCUT2D eigenvalue weighted by Gasteiger charge is 1.96. The Hall–Kier alpha value is -2.10. The van der Waals surface area contributed by atoms with Crippen molar-refractivity contribution >= 4 is 12.0 Å². The molecule has 0 saturated carbocycles. The summed E-state index contributed by atoms with van der Waals surface area (Å²) >= 11 is 0. The number of nitrogens with one attached hydrogen (secondary N) is 2. The number of aromatic amines is 1. The third-order valence-electron chi connectivity index (χ3n) is 2.37. The molecule has 20 heavy (non-hydrogen) atoms. The minimum absolute atomic E-state index is 0.192. The van der Waals surface area contributed by atoms with E-state index in [-0.39, 0.29) is 5.82 Å². The Balaban J connectivity index is 0.000000327. The lowest BCUT2D eigenvalue weighted by atomic mass is 10.2. The average Bonchev–Trinajstić information content (AvgIpc) is 2.88. The van der Waals surface area contributed by atoms with Crippen molar-refractivity contribution in [3.8, 4) is 0 Å². The second-order valence-corrected chi connectivity index (χ2v) is 3.98. The van der Waals surface area contributed by atoms with Crippen molar-refractivity contribution in [2.24, 2.45) is 0 Å². The molecule has 3 nitrogen and oxygen atoms in total. The summed E-state index contributed by atoms with van der Waals surface area (Å²) in [4.78, 5) is 12.8. The largest absolute Gasteiger partial charge is 0.386 e. The highest BCUT2D eigenvalue weighted by atomic mass is 19.1. The molecule has 2 rings (SSSR count). The number of rotatable bonds is 2. The van der Waals surface area contributed by atoms with E-state index in [2.05, 4.69) is 10.3 Å². The normalized spacial score (nSPS) is 8.70. The van der Waals surface area contributed by atoms with Crippen LogP contribution in [-0.2, 0) is 0 Å². The number of H-pyrrole nitrogens is 1. The van der Waals surface area contributed by atoms with Crippen LogP contribution in [0, 0.1) is 19.7 Å². The van der Waals surface area contributed by atoms with E-state index in [4.69, 9.17) is 0 Å². The van der Waals surface area contributed by atoms with Gasteiger partial charge in [0.05, 0.1) is 11.4 Å². The Labute approximate surface area is 120 Å². The van der Waals surface area contributed by atoms with E-state index in [1.807, 2.05) is 33.8 Å². The number of benzene rings is 1. The van der Waals surface area contributed by atoms with Crippen molar-refractivity contribution in [2.75, 3.05) is 12.4 Å². The summed E-state index contributed by atoms with van der Waals surface area (Å²) in [6.07, 6.45) is 2.59. The molecular weight excluding hydrogens is 255 g/mol. The van der Waals surface area contributed by atoms with E-state index in [1.165, 1.54) is 6.07 Å². The molecule has 0 fully saturated rings. The van der Waals surface area contributed by atoms with E-state index in [9.17, 15) is 9.18 Å². The summed E-state index contributed by atoms with van der Waals surface area (Å²) in [6, 6.07) is 6.90. The fraction of sp³-hybridized carbons (Fsp3) is 0.312. The van der Waals surface area contributed by atoms with Crippen LogP contribution in [0.3, 0.4) is 0 Å². The molecule has 4 heteroatoms. The van der Waals surface area contributed by atoms with Crippen LogP contribution in [0.15, 0.2) is 30.5 Å². The van der Waals surface area contributed by atoms with Gasteiger partial charge in [0.1, 0.15) is 5.82 Å². The van der Waals surface area contributed by atoms with Gasteiger partial charge in [-0.2, -0.15) is 0 Å². The van der Waals surface area contributed by atoms with Crippen LogP contribution in [-0.4, -0.2) is 18.3 Å². The lowest BCUT2D eigenvalue weighted by molar-refractivity contribution is 0.111. The first-order valence-corrected chi connectivity index (χ1v) is 6.61. The summed E-state index contributed by atoms with van der Waals surface area (Å²) in [5.74, 6) is -0.192. The van der Waals surface area contributed by atoms with Crippen LogP contribution < -0.4 is 5.32 Å². The van der Waals surface area contributed by atoms with Gasteiger partial charge in [0.25, 0.3) is 0 Å². The first-order valence-electron chi connectivity index (χ1n) is 6.61. The number of aryl methyl sites for hydroxylation is 2. The number of hydrogen-bond donors (Lipinski definition) is 2. The predicted molar refractivity (Wildman–Crippen MR) is 82.9 cm³/mol. The molecule has 1 aromatic heterocycles. The first kappa shape index (κ1) is 17.9. The van der Waals surface area contributed by atoms with Gasteiger partial charge in [-0.3, -0.25) is 4.79 Å². The van der Waals surface area contributed by atoms with E-state index < -0.39 is 0 Å². The average molecular weight is 278 g/mol. The maximum absolute atomic E-state index is 12.8. The molecule has 1 aromatic carbocycles. The second kappa shape index (κ2) is 9.78. The van der Waals surface area contributed by atoms with Gasteiger partial charge in [-0.15, -0.1) is 0 Å². The van der Waals surface area contributed by atoms with Crippen LogP contribution in [0.25, 0.3) is 0 Å². The van der Waals surface area contributed by atoms with E-state index >= 15 is 0 Å². The number of carbonyl (C=O) groups is 1. The van der Waals surface area contributed by atoms with Crippen LogP contribution in [0.4, 0.5) is 10.1 Å². The van der Waals surface area contributed by atoms with Crippen LogP contribution >= 0.6 is 0 Å². The van der Waals surface area contributed by atoms with Gasteiger partial charge in [-0.05, 0) is 43.2 Å². The van der Waals surface area contributed by atoms with E-state index in [1.54, 1.807) is 25.4 Å². The standard InChI is InChI=1S/C8H10FN.C6H7NO.C2H6/c1-6-3-4-8(10-2)7(9)5-6;1-5-2-6(4-8)7-3-5;1-2/h3-5,10H,1-2H3;2-4,7H,1H3;1-2H3. The predicted octanol–water partition coefficient (Wildman–Crippen LogP) is 4.34. The minimum Gasteiger partial charge on any atom is -0.386 e. The molecule has 0 bridgehead atoms.